The Hall–Kier alpha value is -0.0400. The zero-order valence-electron chi connectivity index (χ0n) is 11.7. The molecule has 4 nitrogen and oxygen atoms in total. The first-order valence-corrected chi connectivity index (χ1v) is 6.01. The van der Waals surface area contributed by atoms with Crippen LogP contribution in [0.25, 0.3) is 0 Å². The molecule has 0 heterocycles. The average Bonchev–Trinajstić information content (AvgIpc) is 2.07. The summed E-state index contributed by atoms with van der Waals surface area (Å²) in [6.45, 7) is 11.8. The zero-order chi connectivity index (χ0) is 12.6. The molecule has 3 N–H and O–H groups in total. The molecule has 0 atom stereocenters. The highest BCUT2D eigenvalue weighted by molar-refractivity contribution is 14.0. The van der Waals surface area contributed by atoms with E-state index in [1.54, 1.807) is 0 Å². The van der Waals surface area contributed by atoms with Crippen molar-refractivity contribution in [2.24, 2.45) is 10.7 Å². The van der Waals surface area contributed by atoms with Crippen LogP contribution in [0.1, 0.15) is 47.5 Å². The summed E-state index contributed by atoms with van der Waals surface area (Å²) in [6, 6.07) is 0. The summed E-state index contributed by atoms with van der Waals surface area (Å²) in [7, 11) is 0. The number of ether oxygens (including phenoxy) is 1. The standard InChI is InChI=1S/C12H27N3O.HI/c1-10(2)16-9-7-6-8-14-11(13)15-12(3,4)5;/h10H,6-9H2,1-5H3,(H3,13,14,15);1H. The van der Waals surface area contributed by atoms with Gasteiger partial charge in [-0.2, -0.15) is 0 Å². The molecule has 5 heteroatoms. The van der Waals surface area contributed by atoms with Crippen LogP contribution in [-0.2, 0) is 4.74 Å². The van der Waals surface area contributed by atoms with Gasteiger partial charge in [0.25, 0.3) is 0 Å². The molecule has 0 aliphatic heterocycles. The summed E-state index contributed by atoms with van der Waals surface area (Å²) in [6.07, 6.45) is 2.36. The highest BCUT2D eigenvalue weighted by atomic mass is 127. The number of nitrogens with two attached hydrogens (primary N) is 1. The number of hydrogen-bond acceptors (Lipinski definition) is 2. The summed E-state index contributed by atoms with van der Waals surface area (Å²) in [5.41, 5.74) is 5.71. The van der Waals surface area contributed by atoms with E-state index in [4.69, 9.17) is 10.5 Å². The first kappa shape index (κ1) is 19.3. The van der Waals surface area contributed by atoms with Gasteiger partial charge in [-0.1, -0.05) is 0 Å². The Labute approximate surface area is 123 Å². The Kier molecular flexibility index (Phi) is 11.3. The fourth-order valence-electron chi connectivity index (χ4n) is 1.16. The lowest BCUT2D eigenvalue weighted by atomic mass is 10.1. The van der Waals surface area contributed by atoms with Crippen LogP contribution in [-0.4, -0.2) is 30.8 Å². The molecule has 0 aromatic heterocycles. The highest BCUT2D eigenvalue weighted by Gasteiger charge is 2.09. The number of nitrogens with zero attached hydrogens (tertiary/aromatic N) is 1. The summed E-state index contributed by atoms with van der Waals surface area (Å²) in [5.74, 6) is 0.525. The van der Waals surface area contributed by atoms with Gasteiger partial charge in [0.1, 0.15) is 0 Å². The highest BCUT2D eigenvalue weighted by Crippen LogP contribution is 1.98. The number of rotatable bonds is 6. The number of nitrogens with one attached hydrogen (secondary N) is 1. The molecule has 0 radical (unpaired) electrons. The molecule has 0 saturated heterocycles. The van der Waals surface area contributed by atoms with Gasteiger partial charge in [0, 0.05) is 18.7 Å². The van der Waals surface area contributed by atoms with Crippen molar-refractivity contribution in [2.45, 2.75) is 59.1 Å². The first-order chi connectivity index (χ1) is 7.31. The van der Waals surface area contributed by atoms with E-state index in [1.165, 1.54) is 0 Å². The van der Waals surface area contributed by atoms with Gasteiger partial charge in [0.15, 0.2) is 5.96 Å². The SMILES string of the molecule is CC(C)OCCCCN=C(N)NC(C)(C)C.I. The molecule has 0 bridgehead atoms. The molecule has 0 rings (SSSR count). The van der Waals surface area contributed by atoms with Gasteiger partial charge in [-0.3, -0.25) is 4.99 Å². The fourth-order valence-corrected chi connectivity index (χ4v) is 1.16. The Bertz CT molecular complexity index is 212. The van der Waals surface area contributed by atoms with Crippen molar-refractivity contribution in [3.8, 4) is 0 Å². The van der Waals surface area contributed by atoms with Gasteiger partial charge >= 0.3 is 0 Å². The van der Waals surface area contributed by atoms with Gasteiger partial charge < -0.3 is 15.8 Å². The predicted molar refractivity (Wildman–Crippen MR) is 85.1 cm³/mol. The largest absolute Gasteiger partial charge is 0.379 e. The van der Waals surface area contributed by atoms with Gasteiger partial charge in [-0.05, 0) is 47.5 Å². The Morgan fingerprint density at radius 1 is 1.29 bits per heavy atom. The molecule has 104 valence electrons. The number of hydrogen-bond donors (Lipinski definition) is 2. The van der Waals surface area contributed by atoms with E-state index in [9.17, 15) is 0 Å². The van der Waals surface area contributed by atoms with E-state index in [0.29, 0.717) is 12.1 Å². The lowest BCUT2D eigenvalue weighted by molar-refractivity contribution is 0.0763. The molecular formula is C12H28IN3O. The maximum Gasteiger partial charge on any atom is 0.188 e. The molecule has 0 spiro atoms. The predicted octanol–water partition coefficient (Wildman–Crippen LogP) is 2.51. The second kappa shape index (κ2) is 9.94. The van der Waals surface area contributed by atoms with Crippen molar-refractivity contribution >= 4 is 29.9 Å². The molecule has 0 unspecified atom stereocenters. The van der Waals surface area contributed by atoms with Crippen molar-refractivity contribution in [2.75, 3.05) is 13.2 Å². The van der Waals surface area contributed by atoms with E-state index in [0.717, 1.165) is 26.0 Å². The summed E-state index contributed by atoms with van der Waals surface area (Å²) in [5, 5.41) is 3.12. The van der Waals surface area contributed by atoms with Crippen LogP contribution in [0.4, 0.5) is 0 Å². The van der Waals surface area contributed by atoms with E-state index in [-0.39, 0.29) is 29.5 Å². The monoisotopic (exact) mass is 357 g/mol. The summed E-state index contributed by atoms with van der Waals surface area (Å²) in [4.78, 5) is 4.25. The Balaban J connectivity index is 0. The molecule has 0 saturated carbocycles. The van der Waals surface area contributed by atoms with E-state index in [2.05, 4.69) is 31.1 Å². The second-order valence-electron chi connectivity index (χ2n) is 5.27. The third-order valence-corrected chi connectivity index (χ3v) is 1.79. The normalized spacial score (nSPS) is 12.5. The van der Waals surface area contributed by atoms with Gasteiger partial charge in [0.05, 0.1) is 6.10 Å². The van der Waals surface area contributed by atoms with Crippen LogP contribution in [0.5, 0.6) is 0 Å². The molecule has 0 aliphatic rings. The molecule has 17 heavy (non-hydrogen) atoms. The smallest absolute Gasteiger partial charge is 0.188 e. The fraction of sp³-hybridized carbons (Fsp3) is 0.917. The van der Waals surface area contributed by atoms with Crippen molar-refractivity contribution < 1.29 is 4.74 Å². The maximum absolute atomic E-state index is 5.73. The molecule has 0 fully saturated rings. The topological polar surface area (TPSA) is 59.6 Å². The van der Waals surface area contributed by atoms with Crippen molar-refractivity contribution in [3.63, 3.8) is 0 Å². The van der Waals surface area contributed by atoms with E-state index in [1.807, 2.05) is 13.8 Å². The van der Waals surface area contributed by atoms with Crippen molar-refractivity contribution in [3.05, 3.63) is 0 Å². The number of guanidine groups is 1. The number of unbranched alkanes of at least 4 members (excludes halogenated alkanes) is 1. The van der Waals surface area contributed by atoms with Gasteiger partial charge in [-0.25, -0.2) is 0 Å². The molecule has 0 amide bonds. The van der Waals surface area contributed by atoms with E-state index < -0.39 is 0 Å². The van der Waals surface area contributed by atoms with Gasteiger partial charge in [0.2, 0.25) is 0 Å². The van der Waals surface area contributed by atoms with Crippen molar-refractivity contribution in [1.29, 1.82) is 0 Å². The van der Waals surface area contributed by atoms with Crippen LogP contribution < -0.4 is 11.1 Å². The lowest BCUT2D eigenvalue weighted by Gasteiger charge is -2.20. The van der Waals surface area contributed by atoms with Crippen LogP contribution in [0.15, 0.2) is 4.99 Å². The van der Waals surface area contributed by atoms with Crippen LogP contribution >= 0.6 is 24.0 Å². The molecule has 0 aliphatic carbocycles. The van der Waals surface area contributed by atoms with E-state index >= 15 is 0 Å². The minimum absolute atomic E-state index is 0. The molecule has 0 aromatic rings. The van der Waals surface area contributed by atoms with Crippen LogP contribution in [0.3, 0.4) is 0 Å². The molecule has 0 aromatic carbocycles. The van der Waals surface area contributed by atoms with Crippen LogP contribution in [0, 0.1) is 0 Å². The minimum atomic E-state index is -0.0195. The van der Waals surface area contributed by atoms with Crippen LogP contribution in [0.2, 0.25) is 0 Å². The zero-order valence-corrected chi connectivity index (χ0v) is 14.1. The third-order valence-electron chi connectivity index (χ3n) is 1.79. The van der Waals surface area contributed by atoms with Crippen molar-refractivity contribution in [1.82, 2.24) is 5.32 Å². The quantitative estimate of drug-likeness (QED) is 0.332. The van der Waals surface area contributed by atoms with Gasteiger partial charge in [-0.15, -0.1) is 24.0 Å². The number of halogens is 1. The maximum atomic E-state index is 5.73. The lowest BCUT2D eigenvalue weighted by Crippen LogP contribution is -2.45. The Morgan fingerprint density at radius 3 is 2.35 bits per heavy atom. The summed E-state index contributed by atoms with van der Waals surface area (Å²) >= 11 is 0. The summed E-state index contributed by atoms with van der Waals surface area (Å²) < 4.78 is 5.43. The average molecular weight is 357 g/mol. The first-order valence-electron chi connectivity index (χ1n) is 6.01. The second-order valence-corrected chi connectivity index (χ2v) is 5.27. The minimum Gasteiger partial charge on any atom is -0.379 e. The number of aliphatic imine (C=N–C) groups is 1. The Morgan fingerprint density at radius 2 is 1.88 bits per heavy atom. The third kappa shape index (κ3) is 16.0. The molecular weight excluding hydrogens is 329 g/mol.